The molecule has 1 heterocycles. The molecule has 2 aromatic rings. The van der Waals surface area contributed by atoms with Crippen LogP contribution in [0.5, 0.6) is 5.75 Å². The summed E-state index contributed by atoms with van der Waals surface area (Å²) >= 11 is 3.55. The molecule has 1 fully saturated rings. The Balaban J connectivity index is 1.68. The summed E-state index contributed by atoms with van der Waals surface area (Å²) in [6.07, 6.45) is 4.88. The Morgan fingerprint density at radius 1 is 1.21 bits per heavy atom. The number of amides is 1. The minimum atomic E-state index is -0.879. The molecule has 1 aliphatic rings. The van der Waals surface area contributed by atoms with Gasteiger partial charge in [0.1, 0.15) is 18.0 Å². The normalized spacial score (nSPS) is 16.2. The number of carboxylic acid groups (broad SMARTS) is 1. The van der Waals surface area contributed by atoms with Crippen LogP contribution in [-0.2, 0) is 22.6 Å². The van der Waals surface area contributed by atoms with E-state index in [0.29, 0.717) is 18.9 Å². The number of hydrogen-bond donors (Lipinski definition) is 1. The molecule has 0 aliphatic carbocycles. The van der Waals surface area contributed by atoms with Crippen molar-refractivity contribution in [1.82, 2.24) is 4.90 Å². The fraction of sp³-hybridized carbons (Fsp3) is 0.385. The van der Waals surface area contributed by atoms with Gasteiger partial charge in [0.05, 0.1) is 12.5 Å². The average molecular weight is 516 g/mol. The van der Waals surface area contributed by atoms with Crippen molar-refractivity contribution in [3.8, 4) is 5.75 Å². The molecule has 1 aliphatic heterocycles. The van der Waals surface area contributed by atoms with Crippen molar-refractivity contribution >= 4 is 34.1 Å². The number of para-hydroxylation sites is 1. The molecular weight excluding hydrogens is 486 g/mol. The van der Waals surface area contributed by atoms with E-state index in [9.17, 15) is 14.7 Å². The quantitative estimate of drug-likeness (QED) is 0.453. The Hall–Kier alpha value is -2.80. The molecule has 2 aromatic carbocycles. The Bertz CT molecular complexity index is 1030. The average Bonchev–Trinajstić information content (AvgIpc) is 3.19. The largest absolute Gasteiger partial charge is 0.489 e. The number of esters is 1. The number of carbonyl (C=O) groups is 2. The minimum Gasteiger partial charge on any atom is -0.489 e. The molecule has 0 saturated carbocycles. The van der Waals surface area contributed by atoms with Crippen LogP contribution in [0.1, 0.15) is 50.3 Å². The Morgan fingerprint density at radius 2 is 1.97 bits per heavy atom. The topological polar surface area (TPSA) is 76.1 Å². The van der Waals surface area contributed by atoms with E-state index in [1.54, 1.807) is 0 Å². The number of halogens is 1. The molecule has 0 radical (unpaired) electrons. The molecule has 1 atom stereocenters. The molecule has 1 N–H and O–H groups in total. The summed E-state index contributed by atoms with van der Waals surface area (Å²) in [5, 5.41) is 9.32. The highest BCUT2D eigenvalue weighted by Gasteiger charge is 2.26. The van der Waals surface area contributed by atoms with Crippen molar-refractivity contribution < 1.29 is 24.2 Å². The van der Waals surface area contributed by atoms with Crippen LogP contribution >= 0.6 is 15.9 Å². The van der Waals surface area contributed by atoms with Crippen LogP contribution in [0, 0.1) is 0 Å². The van der Waals surface area contributed by atoms with Crippen molar-refractivity contribution in [2.45, 2.75) is 58.3 Å². The number of carbonyl (C=O) groups excluding carboxylic acids is 1. The molecule has 0 bridgehead atoms. The minimum absolute atomic E-state index is 0.0964. The molecular formula is C26H30BrNO5. The van der Waals surface area contributed by atoms with Crippen LogP contribution < -0.4 is 4.74 Å². The van der Waals surface area contributed by atoms with Crippen LogP contribution in [0.3, 0.4) is 0 Å². The summed E-state index contributed by atoms with van der Waals surface area (Å²) in [6, 6.07) is 13.3. The predicted octanol–water partition coefficient (Wildman–Crippen LogP) is 6.07. The van der Waals surface area contributed by atoms with E-state index < -0.39 is 11.7 Å². The number of nitrogens with zero attached hydrogens (tertiary/aromatic N) is 1. The number of benzene rings is 2. The Morgan fingerprint density at radius 3 is 2.70 bits per heavy atom. The third-order valence-electron chi connectivity index (χ3n) is 5.16. The van der Waals surface area contributed by atoms with Crippen LogP contribution in [0.25, 0.3) is 6.08 Å². The lowest BCUT2D eigenvalue weighted by atomic mass is 10.1. The lowest BCUT2D eigenvalue weighted by Crippen LogP contribution is -2.32. The van der Waals surface area contributed by atoms with Gasteiger partial charge in [0.15, 0.2) is 0 Å². The van der Waals surface area contributed by atoms with Crippen molar-refractivity contribution in [2.24, 2.45) is 0 Å². The van der Waals surface area contributed by atoms with Gasteiger partial charge in [-0.25, -0.2) is 4.79 Å². The fourth-order valence-electron chi connectivity index (χ4n) is 3.79. The standard InChI is InChI=1S/C26H30BrNO5/c1-26(2,3)33-24(29)16-20-7-4-5-9-23(20)32-17-19-13-18(14-21(27)15-19)10-11-22-8-6-12-28(22)25(30)31/h4-5,7,9-11,13-15,22H,6,8,12,16-17H2,1-3H3,(H,30,31)/b11-10+. The predicted molar refractivity (Wildman–Crippen MR) is 131 cm³/mol. The molecule has 1 unspecified atom stereocenters. The van der Waals surface area contributed by atoms with E-state index >= 15 is 0 Å². The van der Waals surface area contributed by atoms with E-state index in [2.05, 4.69) is 15.9 Å². The smallest absolute Gasteiger partial charge is 0.407 e. The highest BCUT2D eigenvalue weighted by Crippen LogP contribution is 2.24. The van der Waals surface area contributed by atoms with Gasteiger partial charge in [-0.3, -0.25) is 4.79 Å². The van der Waals surface area contributed by atoms with Gasteiger partial charge in [-0.05, 0) is 69.0 Å². The second-order valence-electron chi connectivity index (χ2n) is 9.10. The highest BCUT2D eigenvalue weighted by atomic mass is 79.9. The first kappa shape index (κ1) is 24.8. The molecule has 1 saturated heterocycles. The van der Waals surface area contributed by atoms with Crippen molar-refractivity contribution in [3.05, 3.63) is 69.7 Å². The number of hydrogen-bond acceptors (Lipinski definition) is 4. The van der Waals surface area contributed by atoms with Gasteiger partial charge in [-0.2, -0.15) is 0 Å². The Labute approximate surface area is 203 Å². The van der Waals surface area contributed by atoms with Crippen LogP contribution in [0.2, 0.25) is 0 Å². The van der Waals surface area contributed by atoms with E-state index in [1.165, 1.54) is 4.90 Å². The second-order valence-corrected chi connectivity index (χ2v) is 10.0. The summed E-state index contributed by atoms with van der Waals surface area (Å²) in [7, 11) is 0. The van der Waals surface area contributed by atoms with Gasteiger partial charge in [0, 0.05) is 16.6 Å². The van der Waals surface area contributed by atoms with Crippen molar-refractivity contribution in [1.29, 1.82) is 0 Å². The van der Waals surface area contributed by atoms with E-state index in [-0.39, 0.29) is 18.4 Å². The maximum absolute atomic E-state index is 12.3. The van der Waals surface area contributed by atoms with Crippen LogP contribution in [-0.4, -0.2) is 40.3 Å². The molecule has 33 heavy (non-hydrogen) atoms. The van der Waals surface area contributed by atoms with Gasteiger partial charge in [-0.15, -0.1) is 0 Å². The zero-order valence-corrected chi connectivity index (χ0v) is 20.8. The van der Waals surface area contributed by atoms with Gasteiger partial charge >= 0.3 is 12.1 Å². The van der Waals surface area contributed by atoms with E-state index in [1.807, 2.05) is 75.4 Å². The SMILES string of the molecule is CC(C)(C)OC(=O)Cc1ccccc1OCc1cc(Br)cc(/C=C/C2CCCN2C(=O)O)c1. The van der Waals surface area contributed by atoms with Gasteiger partial charge < -0.3 is 19.5 Å². The van der Waals surface area contributed by atoms with Gasteiger partial charge in [0.25, 0.3) is 0 Å². The van der Waals surface area contributed by atoms with Gasteiger partial charge in [-0.1, -0.05) is 46.3 Å². The zero-order valence-electron chi connectivity index (χ0n) is 19.2. The number of ether oxygens (including phenoxy) is 2. The van der Waals surface area contributed by atoms with Gasteiger partial charge in [0.2, 0.25) is 0 Å². The molecule has 0 spiro atoms. The maximum Gasteiger partial charge on any atom is 0.407 e. The highest BCUT2D eigenvalue weighted by molar-refractivity contribution is 9.10. The van der Waals surface area contributed by atoms with Crippen LogP contribution in [0.4, 0.5) is 4.79 Å². The first-order valence-electron chi connectivity index (χ1n) is 11.0. The summed E-state index contributed by atoms with van der Waals surface area (Å²) < 4.78 is 12.4. The fourth-order valence-corrected chi connectivity index (χ4v) is 4.35. The summed E-state index contributed by atoms with van der Waals surface area (Å²) in [5.41, 5.74) is 2.16. The summed E-state index contributed by atoms with van der Waals surface area (Å²) in [5.74, 6) is 0.347. The number of rotatable bonds is 7. The number of likely N-dealkylation sites (tertiary alicyclic amines) is 1. The maximum atomic E-state index is 12.3. The summed E-state index contributed by atoms with van der Waals surface area (Å²) in [4.78, 5) is 25.1. The lowest BCUT2D eigenvalue weighted by Gasteiger charge is -2.20. The lowest BCUT2D eigenvalue weighted by molar-refractivity contribution is -0.153. The Kier molecular flexibility index (Phi) is 8.19. The van der Waals surface area contributed by atoms with E-state index in [4.69, 9.17) is 9.47 Å². The van der Waals surface area contributed by atoms with Crippen molar-refractivity contribution in [2.75, 3.05) is 6.54 Å². The molecule has 6 nitrogen and oxygen atoms in total. The van der Waals surface area contributed by atoms with E-state index in [0.717, 1.165) is 34.0 Å². The van der Waals surface area contributed by atoms with Crippen molar-refractivity contribution in [3.63, 3.8) is 0 Å². The third-order valence-corrected chi connectivity index (χ3v) is 5.62. The third kappa shape index (κ3) is 7.63. The molecule has 3 rings (SSSR count). The molecule has 1 amide bonds. The first-order chi connectivity index (χ1) is 15.6. The molecule has 176 valence electrons. The second kappa shape index (κ2) is 10.9. The van der Waals surface area contributed by atoms with Crippen LogP contribution in [0.15, 0.2) is 53.0 Å². The monoisotopic (exact) mass is 515 g/mol. The first-order valence-corrected chi connectivity index (χ1v) is 11.8. The zero-order chi connectivity index (χ0) is 24.0. The molecule has 0 aromatic heterocycles. The molecule has 7 heteroatoms. The summed E-state index contributed by atoms with van der Waals surface area (Å²) in [6.45, 7) is 6.44.